The van der Waals surface area contributed by atoms with Crippen molar-refractivity contribution in [1.29, 1.82) is 0 Å². The van der Waals surface area contributed by atoms with E-state index in [0.29, 0.717) is 11.4 Å². The zero-order valence-corrected chi connectivity index (χ0v) is 10.9. The molecule has 0 aliphatic rings. The fraction of sp³-hybridized carbons (Fsp3) is 0.273. The Morgan fingerprint density at radius 2 is 1.78 bits per heavy atom. The standard InChI is InChI=1S/C11H14N2O4S/c1-8(14)7-18(16,17)13-11-5-3-4-10(6-11)12-9(2)15/h3-6,13H,7H2,1-2H3,(H,12,15). The number of nitrogens with one attached hydrogen (secondary N) is 2. The summed E-state index contributed by atoms with van der Waals surface area (Å²) in [7, 11) is -3.69. The molecule has 0 radical (unpaired) electrons. The number of amides is 1. The van der Waals surface area contributed by atoms with Crippen molar-refractivity contribution < 1.29 is 18.0 Å². The Labute approximate surface area is 105 Å². The van der Waals surface area contributed by atoms with Crippen molar-refractivity contribution in [2.75, 3.05) is 15.8 Å². The summed E-state index contributed by atoms with van der Waals surface area (Å²) in [5, 5.41) is 2.53. The molecule has 1 amide bonds. The van der Waals surface area contributed by atoms with Gasteiger partial charge in [-0.25, -0.2) is 8.42 Å². The fourth-order valence-electron chi connectivity index (χ4n) is 1.35. The van der Waals surface area contributed by atoms with Crippen LogP contribution >= 0.6 is 0 Å². The number of ketones is 1. The van der Waals surface area contributed by atoms with Crippen LogP contribution in [-0.4, -0.2) is 25.9 Å². The highest BCUT2D eigenvalue weighted by atomic mass is 32.2. The van der Waals surface area contributed by atoms with Crippen molar-refractivity contribution in [2.45, 2.75) is 13.8 Å². The first kappa shape index (κ1) is 14.2. The second-order valence-electron chi connectivity index (χ2n) is 3.83. The average molecular weight is 270 g/mol. The molecule has 0 aromatic heterocycles. The second kappa shape index (κ2) is 5.63. The van der Waals surface area contributed by atoms with Gasteiger partial charge >= 0.3 is 0 Å². The molecule has 0 bridgehead atoms. The predicted molar refractivity (Wildman–Crippen MR) is 68.8 cm³/mol. The van der Waals surface area contributed by atoms with E-state index in [1.54, 1.807) is 12.1 Å². The molecule has 98 valence electrons. The number of Topliss-reactive ketones (excluding diaryl/α,β-unsaturated/α-hetero) is 1. The smallest absolute Gasteiger partial charge is 0.239 e. The largest absolute Gasteiger partial charge is 0.326 e. The SMILES string of the molecule is CC(=O)CS(=O)(=O)Nc1cccc(NC(C)=O)c1. The first-order chi connectivity index (χ1) is 8.28. The van der Waals surface area contributed by atoms with Gasteiger partial charge in [0.15, 0.2) is 0 Å². The van der Waals surface area contributed by atoms with Crippen LogP contribution in [0.1, 0.15) is 13.8 Å². The molecule has 0 aliphatic carbocycles. The van der Waals surface area contributed by atoms with Crippen LogP contribution in [0.3, 0.4) is 0 Å². The van der Waals surface area contributed by atoms with E-state index >= 15 is 0 Å². The number of rotatable bonds is 5. The van der Waals surface area contributed by atoms with Crippen LogP contribution in [-0.2, 0) is 19.6 Å². The molecular formula is C11H14N2O4S. The van der Waals surface area contributed by atoms with Gasteiger partial charge in [-0.15, -0.1) is 0 Å². The summed E-state index contributed by atoms with van der Waals surface area (Å²) in [5.74, 6) is -1.27. The number of sulfonamides is 1. The summed E-state index contributed by atoms with van der Waals surface area (Å²) < 4.78 is 25.3. The van der Waals surface area contributed by atoms with E-state index in [1.807, 2.05) is 0 Å². The Balaban J connectivity index is 2.85. The van der Waals surface area contributed by atoms with Crippen LogP contribution < -0.4 is 10.0 Å². The van der Waals surface area contributed by atoms with Crippen LogP contribution in [0, 0.1) is 0 Å². The van der Waals surface area contributed by atoms with Gasteiger partial charge in [-0.2, -0.15) is 0 Å². The van der Waals surface area contributed by atoms with E-state index in [2.05, 4.69) is 10.0 Å². The van der Waals surface area contributed by atoms with Gasteiger partial charge in [0, 0.05) is 12.6 Å². The lowest BCUT2D eigenvalue weighted by Gasteiger charge is -2.08. The summed E-state index contributed by atoms with van der Waals surface area (Å²) in [6.07, 6.45) is 0. The highest BCUT2D eigenvalue weighted by molar-refractivity contribution is 7.93. The van der Waals surface area contributed by atoms with E-state index in [1.165, 1.54) is 26.0 Å². The first-order valence-corrected chi connectivity index (χ1v) is 6.81. The van der Waals surface area contributed by atoms with Gasteiger partial charge in [0.25, 0.3) is 0 Å². The van der Waals surface area contributed by atoms with Gasteiger partial charge in [-0.05, 0) is 25.1 Å². The van der Waals surface area contributed by atoms with Crippen molar-refractivity contribution in [2.24, 2.45) is 0 Å². The fourth-order valence-corrected chi connectivity index (χ4v) is 2.44. The third kappa shape index (κ3) is 4.96. The lowest BCUT2D eigenvalue weighted by molar-refractivity contribution is -0.115. The first-order valence-electron chi connectivity index (χ1n) is 5.16. The number of carbonyl (C=O) groups is 2. The minimum atomic E-state index is -3.69. The summed E-state index contributed by atoms with van der Waals surface area (Å²) >= 11 is 0. The van der Waals surface area contributed by atoms with Crippen molar-refractivity contribution >= 4 is 33.1 Å². The van der Waals surface area contributed by atoms with E-state index in [9.17, 15) is 18.0 Å². The molecule has 0 unspecified atom stereocenters. The highest BCUT2D eigenvalue weighted by Crippen LogP contribution is 2.16. The Morgan fingerprint density at radius 3 is 2.33 bits per heavy atom. The number of anilines is 2. The third-order valence-electron chi connectivity index (χ3n) is 1.85. The molecule has 1 rings (SSSR count). The molecular weight excluding hydrogens is 256 g/mol. The van der Waals surface area contributed by atoms with E-state index in [-0.39, 0.29) is 5.91 Å². The van der Waals surface area contributed by atoms with Gasteiger partial charge in [0.05, 0.1) is 5.69 Å². The zero-order valence-electron chi connectivity index (χ0n) is 10.1. The summed E-state index contributed by atoms with van der Waals surface area (Å²) in [5.41, 5.74) is 0.771. The second-order valence-corrected chi connectivity index (χ2v) is 5.55. The zero-order chi connectivity index (χ0) is 13.8. The minimum absolute atomic E-state index is 0.251. The Morgan fingerprint density at radius 1 is 1.17 bits per heavy atom. The summed E-state index contributed by atoms with van der Waals surface area (Å²) in [6, 6.07) is 6.23. The molecule has 1 aromatic carbocycles. The van der Waals surface area contributed by atoms with Gasteiger partial charge in [0.2, 0.25) is 15.9 Å². The Hall–Kier alpha value is -1.89. The molecule has 0 spiro atoms. The van der Waals surface area contributed by atoms with E-state index in [4.69, 9.17) is 0 Å². The molecule has 0 aliphatic heterocycles. The van der Waals surface area contributed by atoms with Crippen LogP contribution in [0.15, 0.2) is 24.3 Å². The van der Waals surface area contributed by atoms with Crippen LogP contribution in [0.25, 0.3) is 0 Å². The Bertz CT molecular complexity index is 566. The summed E-state index contributed by atoms with van der Waals surface area (Å²) in [4.78, 5) is 21.6. The van der Waals surface area contributed by atoms with Gasteiger partial charge in [-0.3, -0.25) is 14.3 Å². The molecule has 0 atom stereocenters. The highest BCUT2D eigenvalue weighted by Gasteiger charge is 2.13. The average Bonchev–Trinajstić information content (AvgIpc) is 2.13. The van der Waals surface area contributed by atoms with Crippen LogP contribution in [0.5, 0.6) is 0 Å². The van der Waals surface area contributed by atoms with Crippen LogP contribution in [0.2, 0.25) is 0 Å². The van der Waals surface area contributed by atoms with Crippen molar-refractivity contribution in [1.82, 2.24) is 0 Å². The third-order valence-corrected chi connectivity index (χ3v) is 3.18. The molecule has 0 heterocycles. The van der Waals surface area contributed by atoms with Crippen molar-refractivity contribution in [3.63, 3.8) is 0 Å². The molecule has 0 saturated heterocycles. The quantitative estimate of drug-likeness (QED) is 0.834. The molecule has 1 aromatic rings. The van der Waals surface area contributed by atoms with Crippen molar-refractivity contribution in [3.05, 3.63) is 24.3 Å². The monoisotopic (exact) mass is 270 g/mol. The van der Waals surface area contributed by atoms with Gasteiger partial charge in [0.1, 0.15) is 11.5 Å². The maximum Gasteiger partial charge on any atom is 0.239 e. The lowest BCUT2D eigenvalue weighted by atomic mass is 10.3. The molecule has 0 saturated carbocycles. The minimum Gasteiger partial charge on any atom is -0.326 e. The van der Waals surface area contributed by atoms with Gasteiger partial charge < -0.3 is 5.32 Å². The maximum atomic E-state index is 11.5. The van der Waals surface area contributed by atoms with Crippen molar-refractivity contribution in [3.8, 4) is 0 Å². The van der Waals surface area contributed by atoms with E-state index in [0.717, 1.165) is 0 Å². The van der Waals surface area contributed by atoms with Gasteiger partial charge in [-0.1, -0.05) is 6.07 Å². The summed E-state index contributed by atoms with van der Waals surface area (Å²) in [6.45, 7) is 2.56. The normalized spacial score (nSPS) is 10.8. The Kier molecular flexibility index (Phi) is 4.43. The molecule has 2 N–H and O–H groups in total. The lowest BCUT2D eigenvalue weighted by Crippen LogP contribution is -2.21. The van der Waals surface area contributed by atoms with E-state index < -0.39 is 21.6 Å². The number of hydrogen-bond acceptors (Lipinski definition) is 4. The predicted octanol–water partition coefficient (Wildman–Crippen LogP) is 0.976. The molecule has 7 heteroatoms. The number of benzene rings is 1. The molecule has 6 nitrogen and oxygen atoms in total. The van der Waals surface area contributed by atoms with Crippen LogP contribution in [0.4, 0.5) is 11.4 Å². The number of carbonyl (C=O) groups excluding carboxylic acids is 2. The topological polar surface area (TPSA) is 92.3 Å². The maximum absolute atomic E-state index is 11.5. The molecule has 18 heavy (non-hydrogen) atoms. The molecule has 0 fully saturated rings. The number of hydrogen-bond donors (Lipinski definition) is 2.